The van der Waals surface area contributed by atoms with E-state index in [-0.39, 0.29) is 12.4 Å². The Morgan fingerprint density at radius 1 is 1.37 bits per heavy atom. The molecule has 4 heteroatoms. The fourth-order valence-electron chi connectivity index (χ4n) is 3.06. The molecule has 0 aromatic carbocycles. The van der Waals surface area contributed by atoms with E-state index in [4.69, 9.17) is 0 Å². The second-order valence-electron chi connectivity index (χ2n) is 6.34. The van der Waals surface area contributed by atoms with Crippen LogP contribution in [0.1, 0.15) is 46.5 Å². The van der Waals surface area contributed by atoms with Crippen LogP contribution in [0.25, 0.3) is 0 Å². The average Bonchev–Trinajstić information content (AvgIpc) is 2.28. The molecular weight excluding hydrogens is 260 g/mol. The second-order valence-corrected chi connectivity index (χ2v) is 6.34. The Kier molecular flexibility index (Phi) is 9.46. The molecule has 0 aromatic heterocycles. The van der Waals surface area contributed by atoms with E-state index in [1.165, 1.54) is 6.42 Å². The van der Waals surface area contributed by atoms with Gasteiger partial charge in [0.2, 0.25) is 5.91 Å². The summed E-state index contributed by atoms with van der Waals surface area (Å²) in [5, 5.41) is 3.23. The Balaban J connectivity index is 0.00000324. The number of rotatable bonds is 6. The van der Waals surface area contributed by atoms with Crippen molar-refractivity contribution in [1.82, 2.24) is 10.2 Å². The summed E-state index contributed by atoms with van der Waals surface area (Å²) in [6.45, 7) is 9.61. The van der Waals surface area contributed by atoms with E-state index in [2.05, 4.69) is 31.0 Å². The number of likely N-dealkylation sites (tertiary alicyclic amines) is 1. The number of hydrogen-bond acceptors (Lipinski definition) is 2. The lowest BCUT2D eigenvalue weighted by molar-refractivity contribution is -0.134. The van der Waals surface area contributed by atoms with E-state index >= 15 is 0 Å². The molecule has 0 spiro atoms. The van der Waals surface area contributed by atoms with Crippen LogP contribution in [-0.2, 0) is 4.79 Å². The first-order valence-corrected chi connectivity index (χ1v) is 7.45. The molecule has 1 rings (SSSR count). The van der Waals surface area contributed by atoms with E-state index < -0.39 is 0 Å². The monoisotopic (exact) mass is 290 g/mol. The van der Waals surface area contributed by atoms with Crippen LogP contribution in [0.15, 0.2) is 0 Å². The zero-order chi connectivity index (χ0) is 13.5. The van der Waals surface area contributed by atoms with Crippen molar-refractivity contribution < 1.29 is 4.79 Å². The van der Waals surface area contributed by atoms with Crippen molar-refractivity contribution in [3.8, 4) is 0 Å². The third-order valence-electron chi connectivity index (χ3n) is 3.76. The summed E-state index contributed by atoms with van der Waals surface area (Å²) in [4.78, 5) is 14.3. The van der Waals surface area contributed by atoms with Gasteiger partial charge in [-0.05, 0) is 50.6 Å². The van der Waals surface area contributed by atoms with Crippen LogP contribution in [0.2, 0.25) is 0 Å². The minimum atomic E-state index is 0. The van der Waals surface area contributed by atoms with Crippen molar-refractivity contribution in [2.45, 2.75) is 46.5 Å². The largest absolute Gasteiger partial charge is 0.342 e. The minimum absolute atomic E-state index is 0. The summed E-state index contributed by atoms with van der Waals surface area (Å²) >= 11 is 0. The van der Waals surface area contributed by atoms with Gasteiger partial charge < -0.3 is 10.2 Å². The highest BCUT2D eigenvalue weighted by molar-refractivity contribution is 5.85. The predicted octanol–water partition coefficient (Wildman–Crippen LogP) is 2.94. The van der Waals surface area contributed by atoms with Crippen molar-refractivity contribution in [3.05, 3.63) is 0 Å². The molecule has 19 heavy (non-hydrogen) atoms. The highest BCUT2D eigenvalue weighted by Crippen LogP contribution is 2.20. The van der Waals surface area contributed by atoms with Crippen molar-refractivity contribution in [2.75, 3.05) is 26.7 Å². The van der Waals surface area contributed by atoms with Crippen LogP contribution in [0.4, 0.5) is 0 Å². The molecule has 0 radical (unpaired) electrons. The van der Waals surface area contributed by atoms with Gasteiger partial charge in [-0.25, -0.2) is 0 Å². The van der Waals surface area contributed by atoms with Gasteiger partial charge >= 0.3 is 0 Å². The molecule has 1 heterocycles. The van der Waals surface area contributed by atoms with E-state index in [1.807, 2.05) is 7.05 Å². The standard InChI is InChI=1S/C15H30N2O.ClH/c1-12(2)8-13(3)9-15(18)17-7-5-6-14(11-17)10-16-4;/h12-14,16H,5-11H2,1-4H3;1H. The molecule has 1 aliphatic rings. The quantitative estimate of drug-likeness (QED) is 0.816. The topological polar surface area (TPSA) is 32.3 Å². The molecule has 0 aliphatic carbocycles. The number of carbonyl (C=O) groups is 1. The molecule has 3 nitrogen and oxygen atoms in total. The van der Waals surface area contributed by atoms with Gasteiger partial charge in [0.25, 0.3) is 0 Å². The molecule has 2 atom stereocenters. The van der Waals surface area contributed by atoms with Crippen molar-refractivity contribution >= 4 is 18.3 Å². The first-order chi connectivity index (χ1) is 8.52. The Morgan fingerprint density at radius 2 is 2.05 bits per heavy atom. The number of nitrogens with one attached hydrogen (secondary N) is 1. The fourth-order valence-corrected chi connectivity index (χ4v) is 3.06. The molecule has 0 aromatic rings. The molecule has 0 saturated carbocycles. The number of nitrogens with zero attached hydrogens (tertiary/aromatic N) is 1. The Hall–Kier alpha value is -0.280. The van der Waals surface area contributed by atoms with Crippen LogP contribution in [0.3, 0.4) is 0 Å². The van der Waals surface area contributed by atoms with E-state index in [9.17, 15) is 4.79 Å². The fraction of sp³-hybridized carbons (Fsp3) is 0.933. The zero-order valence-electron chi connectivity index (χ0n) is 12.9. The summed E-state index contributed by atoms with van der Waals surface area (Å²) in [7, 11) is 1.99. The smallest absolute Gasteiger partial charge is 0.222 e. The van der Waals surface area contributed by atoms with Crippen LogP contribution in [0.5, 0.6) is 0 Å². The van der Waals surface area contributed by atoms with E-state index in [0.29, 0.717) is 23.7 Å². The number of amides is 1. The third-order valence-corrected chi connectivity index (χ3v) is 3.76. The van der Waals surface area contributed by atoms with Crippen LogP contribution in [0, 0.1) is 17.8 Å². The first kappa shape index (κ1) is 18.7. The van der Waals surface area contributed by atoms with E-state index in [1.54, 1.807) is 0 Å². The lowest BCUT2D eigenvalue weighted by atomic mass is 9.93. The number of halogens is 1. The molecule has 0 bridgehead atoms. The normalized spacial score (nSPS) is 21.1. The lowest BCUT2D eigenvalue weighted by Crippen LogP contribution is -2.42. The number of carbonyl (C=O) groups excluding carboxylic acids is 1. The summed E-state index contributed by atoms with van der Waals surface area (Å²) in [6, 6.07) is 0. The first-order valence-electron chi connectivity index (χ1n) is 7.45. The minimum Gasteiger partial charge on any atom is -0.342 e. The number of piperidine rings is 1. The van der Waals surface area contributed by atoms with Gasteiger partial charge in [0.1, 0.15) is 0 Å². The maximum atomic E-state index is 12.2. The summed E-state index contributed by atoms with van der Waals surface area (Å²) in [6.07, 6.45) is 4.30. The molecule has 2 unspecified atom stereocenters. The molecule has 114 valence electrons. The molecule has 1 saturated heterocycles. The predicted molar refractivity (Wildman–Crippen MR) is 83.7 cm³/mol. The van der Waals surface area contributed by atoms with Gasteiger partial charge in [0, 0.05) is 19.5 Å². The average molecular weight is 291 g/mol. The molecule has 1 fully saturated rings. The maximum Gasteiger partial charge on any atom is 0.222 e. The third kappa shape index (κ3) is 7.17. The van der Waals surface area contributed by atoms with Crippen LogP contribution in [-0.4, -0.2) is 37.5 Å². The van der Waals surface area contributed by atoms with Gasteiger partial charge in [-0.1, -0.05) is 20.8 Å². The highest BCUT2D eigenvalue weighted by atomic mass is 35.5. The second kappa shape index (κ2) is 9.60. The Morgan fingerprint density at radius 3 is 2.63 bits per heavy atom. The van der Waals surface area contributed by atoms with Crippen LogP contribution >= 0.6 is 12.4 Å². The lowest BCUT2D eigenvalue weighted by Gasteiger charge is -2.33. The molecular formula is C15H31ClN2O. The molecule has 1 N–H and O–H groups in total. The zero-order valence-corrected chi connectivity index (χ0v) is 13.8. The highest BCUT2D eigenvalue weighted by Gasteiger charge is 2.24. The van der Waals surface area contributed by atoms with Gasteiger partial charge in [0.15, 0.2) is 0 Å². The SMILES string of the molecule is CNCC1CCCN(C(=O)CC(C)CC(C)C)C1.Cl. The van der Waals surface area contributed by atoms with Gasteiger partial charge in [-0.15, -0.1) is 12.4 Å². The van der Waals surface area contributed by atoms with Crippen molar-refractivity contribution in [1.29, 1.82) is 0 Å². The Bertz CT molecular complexity index is 257. The van der Waals surface area contributed by atoms with Crippen molar-refractivity contribution in [2.24, 2.45) is 17.8 Å². The summed E-state index contributed by atoms with van der Waals surface area (Å²) in [5.41, 5.74) is 0. The van der Waals surface area contributed by atoms with Gasteiger partial charge in [0.05, 0.1) is 0 Å². The molecule has 1 aliphatic heterocycles. The van der Waals surface area contributed by atoms with Gasteiger partial charge in [-0.2, -0.15) is 0 Å². The van der Waals surface area contributed by atoms with Crippen LogP contribution < -0.4 is 5.32 Å². The molecule has 1 amide bonds. The maximum absolute atomic E-state index is 12.2. The van der Waals surface area contributed by atoms with Gasteiger partial charge in [-0.3, -0.25) is 4.79 Å². The van der Waals surface area contributed by atoms with Crippen molar-refractivity contribution in [3.63, 3.8) is 0 Å². The number of hydrogen-bond donors (Lipinski definition) is 1. The Labute approximate surface area is 124 Å². The summed E-state index contributed by atoms with van der Waals surface area (Å²) in [5.74, 6) is 2.21. The van der Waals surface area contributed by atoms with E-state index in [0.717, 1.165) is 38.9 Å². The summed E-state index contributed by atoms with van der Waals surface area (Å²) < 4.78 is 0.